The minimum atomic E-state index is -0.418. The molecule has 0 unspecified atom stereocenters. The van der Waals surface area contributed by atoms with E-state index in [2.05, 4.69) is 0 Å². The molecule has 2 nitrogen and oxygen atoms in total. The molecule has 0 radical (unpaired) electrons. The lowest BCUT2D eigenvalue weighted by Crippen LogP contribution is -2.26. The molecule has 14 heavy (non-hydrogen) atoms. The summed E-state index contributed by atoms with van der Waals surface area (Å²) in [6.45, 7) is 0.642. The van der Waals surface area contributed by atoms with Crippen LogP contribution in [0.15, 0.2) is 18.2 Å². The highest BCUT2D eigenvalue weighted by atomic mass is 35.5. The van der Waals surface area contributed by atoms with Gasteiger partial charge in [0.05, 0.1) is 5.02 Å². The second-order valence-corrected chi connectivity index (χ2v) is 3.89. The largest absolute Gasteiger partial charge is 0.323 e. The highest BCUT2D eigenvalue weighted by Crippen LogP contribution is 2.24. The Labute approximate surface area is 88.5 Å². The summed E-state index contributed by atoms with van der Waals surface area (Å²) in [5.74, 6) is -0.418. The summed E-state index contributed by atoms with van der Waals surface area (Å²) in [7, 11) is 3.82. The van der Waals surface area contributed by atoms with E-state index in [1.807, 2.05) is 19.0 Å². The SMILES string of the molecule is CN(C)C[C@@H](N)c1cccc(F)c1Cl. The van der Waals surface area contributed by atoms with Gasteiger partial charge in [0.2, 0.25) is 0 Å². The van der Waals surface area contributed by atoms with Crippen molar-refractivity contribution in [2.45, 2.75) is 6.04 Å². The number of hydrogen-bond donors (Lipinski definition) is 1. The van der Waals surface area contributed by atoms with Crippen LogP contribution in [-0.2, 0) is 0 Å². The summed E-state index contributed by atoms with van der Waals surface area (Å²) in [6.07, 6.45) is 0. The molecule has 4 heteroatoms. The zero-order chi connectivity index (χ0) is 10.7. The molecule has 78 valence electrons. The van der Waals surface area contributed by atoms with Gasteiger partial charge in [-0.3, -0.25) is 0 Å². The first-order chi connectivity index (χ1) is 6.52. The Morgan fingerprint density at radius 2 is 2.14 bits per heavy atom. The second kappa shape index (κ2) is 4.73. The normalized spacial score (nSPS) is 13.3. The number of likely N-dealkylation sites (N-methyl/N-ethyl adjacent to an activating group) is 1. The van der Waals surface area contributed by atoms with Crippen molar-refractivity contribution in [3.05, 3.63) is 34.6 Å². The van der Waals surface area contributed by atoms with E-state index < -0.39 is 5.82 Å². The Morgan fingerprint density at radius 1 is 1.50 bits per heavy atom. The molecule has 1 atom stereocenters. The fourth-order valence-electron chi connectivity index (χ4n) is 1.30. The smallest absolute Gasteiger partial charge is 0.142 e. The van der Waals surface area contributed by atoms with Gasteiger partial charge in [0, 0.05) is 12.6 Å². The van der Waals surface area contributed by atoms with Crippen molar-refractivity contribution >= 4 is 11.6 Å². The molecule has 0 spiro atoms. The van der Waals surface area contributed by atoms with Crippen LogP contribution in [0.1, 0.15) is 11.6 Å². The molecule has 1 aromatic carbocycles. The van der Waals surface area contributed by atoms with E-state index in [0.29, 0.717) is 12.1 Å². The molecule has 0 aromatic heterocycles. The van der Waals surface area contributed by atoms with E-state index in [1.54, 1.807) is 12.1 Å². The molecular formula is C10H14ClFN2. The minimum absolute atomic E-state index is 0.127. The maximum absolute atomic E-state index is 13.1. The van der Waals surface area contributed by atoms with Gasteiger partial charge in [-0.15, -0.1) is 0 Å². The van der Waals surface area contributed by atoms with Crippen LogP contribution in [0.5, 0.6) is 0 Å². The van der Waals surface area contributed by atoms with Crippen LogP contribution in [0.4, 0.5) is 4.39 Å². The molecule has 2 N–H and O–H groups in total. The molecule has 0 saturated heterocycles. The molecule has 0 bridgehead atoms. The molecular weight excluding hydrogens is 203 g/mol. The second-order valence-electron chi connectivity index (χ2n) is 3.51. The summed E-state index contributed by atoms with van der Waals surface area (Å²) in [5, 5.41) is 0.127. The number of halogens is 2. The van der Waals surface area contributed by atoms with Crippen LogP contribution in [0.25, 0.3) is 0 Å². The molecule has 1 rings (SSSR count). The van der Waals surface area contributed by atoms with Crippen molar-refractivity contribution in [2.24, 2.45) is 5.73 Å². The third-order valence-corrected chi connectivity index (χ3v) is 2.34. The Hall–Kier alpha value is -0.640. The Bertz CT molecular complexity index is 315. The van der Waals surface area contributed by atoms with Gasteiger partial charge in [-0.25, -0.2) is 4.39 Å². The molecule has 0 heterocycles. The van der Waals surface area contributed by atoms with E-state index in [9.17, 15) is 4.39 Å². The van der Waals surface area contributed by atoms with Crippen LogP contribution in [0.3, 0.4) is 0 Å². The van der Waals surface area contributed by atoms with Gasteiger partial charge < -0.3 is 10.6 Å². The highest BCUT2D eigenvalue weighted by Gasteiger charge is 2.13. The number of nitrogens with two attached hydrogens (primary N) is 1. The number of nitrogens with zero attached hydrogens (tertiary/aromatic N) is 1. The van der Waals surface area contributed by atoms with Crippen molar-refractivity contribution in [2.75, 3.05) is 20.6 Å². The van der Waals surface area contributed by atoms with Crippen LogP contribution < -0.4 is 5.73 Å². The lowest BCUT2D eigenvalue weighted by Gasteiger charge is -2.18. The first-order valence-corrected chi connectivity index (χ1v) is 4.74. The zero-order valence-corrected chi connectivity index (χ0v) is 9.05. The van der Waals surface area contributed by atoms with Crippen LogP contribution in [0.2, 0.25) is 5.02 Å². The van der Waals surface area contributed by atoms with Crippen LogP contribution in [-0.4, -0.2) is 25.5 Å². The van der Waals surface area contributed by atoms with E-state index >= 15 is 0 Å². The van der Waals surface area contributed by atoms with E-state index in [4.69, 9.17) is 17.3 Å². The monoisotopic (exact) mass is 216 g/mol. The Morgan fingerprint density at radius 3 is 2.71 bits per heavy atom. The fraction of sp³-hybridized carbons (Fsp3) is 0.400. The Balaban J connectivity index is 2.89. The number of hydrogen-bond acceptors (Lipinski definition) is 2. The first kappa shape index (κ1) is 11.4. The molecule has 0 aliphatic rings. The maximum atomic E-state index is 13.1. The lowest BCUT2D eigenvalue weighted by molar-refractivity contribution is 0.376. The summed E-state index contributed by atoms with van der Waals surface area (Å²) in [4.78, 5) is 1.94. The van der Waals surface area contributed by atoms with Gasteiger partial charge in [-0.05, 0) is 25.7 Å². The average molecular weight is 217 g/mol. The predicted molar refractivity (Wildman–Crippen MR) is 56.9 cm³/mol. The summed E-state index contributed by atoms with van der Waals surface area (Å²) in [5.41, 5.74) is 6.53. The van der Waals surface area contributed by atoms with Crippen molar-refractivity contribution < 1.29 is 4.39 Å². The number of rotatable bonds is 3. The van der Waals surface area contributed by atoms with Crippen molar-refractivity contribution in [1.29, 1.82) is 0 Å². The van der Waals surface area contributed by atoms with E-state index in [1.165, 1.54) is 6.07 Å². The van der Waals surface area contributed by atoms with Gasteiger partial charge in [0.25, 0.3) is 0 Å². The van der Waals surface area contributed by atoms with E-state index in [-0.39, 0.29) is 11.1 Å². The third kappa shape index (κ3) is 2.67. The first-order valence-electron chi connectivity index (χ1n) is 4.36. The molecule has 0 amide bonds. The Kier molecular flexibility index (Phi) is 3.86. The van der Waals surface area contributed by atoms with Crippen molar-refractivity contribution in [3.8, 4) is 0 Å². The van der Waals surface area contributed by atoms with Crippen LogP contribution >= 0.6 is 11.6 Å². The summed E-state index contributed by atoms with van der Waals surface area (Å²) < 4.78 is 13.1. The van der Waals surface area contributed by atoms with Crippen LogP contribution in [0, 0.1) is 5.82 Å². The molecule has 1 aromatic rings. The lowest BCUT2D eigenvalue weighted by atomic mass is 10.1. The summed E-state index contributed by atoms with van der Waals surface area (Å²) in [6, 6.07) is 4.44. The average Bonchev–Trinajstić information content (AvgIpc) is 2.08. The van der Waals surface area contributed by atoms with Gasteiger partial charge in [-0.2, -0.15) is 0 Å². The minimum Gasteiger partial charge on any atom is -0.323 e. The standard InChI is InChI=1S/C10H14ClFN2/c1-14(2)6-9(13)7-4-3-5-8(12)10(7)11/h3-5,9H,6,13H2,1-2H3/t9-/m1/s1. The topological polar surface area (TPSA) is 29.3 Å². The van der Waals surface area contributed by atoms with Gasteiger partial charge in [-0.1, -0.05) is 23.7 Å². The molecule has 0 aliphatic heterocycles. The highest BCUT2D eigenvalue weighted by molar-refractivity contribution is 6.31. The quantitative estimate of drug-likeness (QED) is 0.838. The number of benzene rings is 1. The third-order valence-electron chi connectivity index (χ3n) is 1.94. The summed E-state index contributed by atoms with van der Waals surface area (Å²) >= 11 is 5.80. The molecule has 0 fully saturated rings. The maximum Gasteiger partial charge on any atom is 0.142 e. The molecule has 0 saturated carbocycles. The zero-order valence-electron chi connectivity index (χ0n) is 8.30. The fourth-order valence-corrected chi connectivity index (χ4v) is 1.56. The van der Waals surface area contributed by atoms with Crippen molar-refractivity contribution in [3.63, 3.8) is 0 Å². The van der Waals surface area contributed by atoms with Crippen molar-refractivity contribution in [1.82, 2.24) is 4.90 Å². The van der Waals surface area contributed by atoms with Gasteiger partial charge >= 0.3 is 0 Å². The molecule has 0 aliphatic carbocycles. The van der Waals surface area contributed by atoms with E-state index in [0.717, 1.165) is 0 Å². The predicted octanol–water partition coefficient (Wildman–Crippen LogP) is 2.04. The van der Waals surface area contributed by atoms with Gasteiger partial charge in [0.15, 0.2) is 0 Å². The van der Waals surface area contributed by atoms with Gasteiger partial charge in [0.1, 0.15) is 5.82 Å².